The first-order valence-electron chi connectivity index (χ1n) is 6.58. The molecule has 2 nitrogen and oxygen atoms in total. The Labute approximate surface area is 144 Å². The summed E-state index contributed by atoms with van der Waals surface area (Å²) in [5.74, 6) is 0. The molecule has 108 valence electrons. The lowest BCUT2D eigenvalue weighted by atomic mass is 9.98. The van der Waals surface area contributed by atoms with Gasteiger partial charge in [0.2, 0.25) is 0 Å². The minimum Gasteiger partial charge on any atom is -0.329 e. The van der Waals surface area contributed by atoms with Crippen LogP contribution >= 0.6 is 54.5 Å². The van der Waals surface area contributed by atoms with E-state index >= 15 is 0 Å². The molecule has 0 saturated carbocycles. The summed E-state index contributed by atoms with van der Waals surface area (Å²) in [5, 5.41) is 2.21. The normalized spacial score (nSPS) is 20.9. The molecule has 6 heteroatoms. The van der Waals surface area contributed by atoms with Gasteiger partial charge in [0.15, 0.2) is 0 Å². The van der Waals surface area contributed by atoms with Crippen molar-refractivity contribution in [1.29, 1.82) is 0 Å². The first-order chi connectivity index (χ1) is 9.61. The predicted molar refractivity (Wildman–Crippen MR) is 94.7 cm³/mol. The van der Waals surface area contributed by atoms with Gasteiger partial charge in [-0.15, -0.1) is 22.7 Å². The first-order valence-corrected chi connectivity index (χ1v) is 9.86. The van der Waals surface area contributed by atoms with Crippen molar-refractivity contribution in [2.45, 2.75) is 25.4 Å². The Bertz CT molecular complexity index is 589. The number of thiophene rings is 2. The van der Waals surface area contributed by atoms with Crippen LogP contribution in [0, 0.1) is 0 Å². The van der Waals surface area contributed by atoms with Gasteiger partial charge >= 0.3 is 0 Å². The second-order valence-electron chi connectivity index (χ2n) is 4.98. The van der Waals surface area contributed by atoms with Crippen molar-refractivity contribution in [3.63, 3.8) is 0 Å². The van der Waals surface area contributed by atoms with Crippen molar-refractivity contribution in [2.24, 2.45) is 5.73 Å². The highest BCUT2D eigenvalue weighted by Crippen LogP contribution is 2.42. The molecule has 1 aliphatic heterocycles. The molecule has 0 aliphatic carbocycles. The monoisotopic (exact) mass is 434 g/mol. The highest BCUT2D eigenvalue weighted by Gasteiger charge is 2.31. The maximum Gasteiger partial charge on any atom is 0.0843 e. The number of hydrogen-bond acceptors (Lipinski definition) is 4. The Balaban J connectivity index is 1.91. The average molecular weight is 436 g/mol. The Hall–Kier alpha value is 0.280. The van der Waals surface area contributed by atoms with Gasteiger partial charge in [-0.25, -0.2) is 0 Å². The molecule has 0 amide bonds. The molecule has 0 bridgehead atoms. The largest absolute Gasteiger partial charge is 0.329 e. The Morgan fingerprint density at radius 2 is 2.30 bits per heavy atom. The molecule has 0 aromatic carbocycles. The van der Waals surface area contributed by atoms with Crippen LogP contribution in [0.2, 0.25) is 0 Å². The molecule has 0 fully saturated rings. The van der Waals surface area contributed by atoms with E-state index in [-0.39, 0.29) is 0 Å². The van der Waals surface area contributed by atoms with Gasteiger partial charge in [-0.3, -0.25) is 4.90 Å². The molecule has 2 unspecified atom stereocenters. The predicted octanol–water partition coefficient (Wildman–Crippen LogP) is 4.95. The van der Waals surface area contributed by atoms with Crippen molar-refractivity contribution in [2.75, 3.05) is 13.1 Å². The number of nitrogens with two attached hydrogens (primary N) is 1. The van der Waals surface area contributed by atoms with E-state index in [2.05, 4.69) is 61.2 Å². The molecular formula is C14H16Br2N2S2. The molecule has 20 heavy (non-hydrogen) atoms. The molecule has 2 N–H and O–H groups in total. The molecule has 3 heterocycles. The van der Waals surface area contributed by atoms with Crippen LogP contribution in [-0.2, 0) is 6.42 Å². The zero-order chi connectivity index (χ0) is 14.3. The Morgan fingerprint density at radius 3 is 2.95 bits per heavy atom. The Kier molecular flexibility index (Phi) is 4.69. The summed E-state index contributed by atoms with van der Waals surface area (Å²) < 4.78 is 2.27. The van der Waals surface area contributed by atoms with E-state index in [0.29, 0.717) is 18.6 Å². The number of nitrogens with zero attached hydrogens (tertiary/aromatic N) is 1. The maximum absolute atomic E-state index is 6.09. The summed E-state index contributed by atoms with van der Waals surface area (Å²) in [6, 6.07) is 5.20. The second kappa shape index (κ2) is 6.18. The van der Waals surface area contributed by atoms with E-state index in [4.69, 9.17) is 5.73 Å². The van der Waals surface area contributed by atoms with Crippen LogP contribution in [0.3, 0.4) is 0 Å². The van der Waals surface area contributed by atoms with E-state index in [1.807, 2.05) is 11.3 Å². The fourth-order valence-corrected chi connectivity index (χ4v) is 6.08. The molecule has 2 atom stereocenters. The third kappa shape index (κ3) is 2.66. The number of fused-ring (bicyclic) bond motifs is 1. The third-order valence-corrected chi connectivity index (χ3v) is 8.29. The molecule has 0 saturated heterocycles. The summed E-state index contributed by atoms with van der Waals surface area (Å²) in [5.41, 5.74) is 7.57. The first kappa shape index (κ1) is 15.2. The van der Waals surface area contributed by atoms with Gasteiger partial charge in [-0.2, -0.15) is 0 Å². The smallest absolute Gasteiger partial charge is 0.0843 e. The van der Waals surface area contributed by atoms with Crippen molar-refractivity contribution in [3.8, 4) is 0 Å². The lowest BCUT2D eigenvalue weighted by Crippen LogP contribution is -2.39. The summed E-state index contributed by atoms with van der Waals surface area (Å²) in [7, 11) is 0. The van der Waals surface area contributed by atoms with Gasteiger partial charge in [-0.1, -0.05) is 0 Å². The zero-order valence-electron chi connectivity index (χ0n) is 11.1. The second-order valence-corrected chi connectivity index (χ2v) is 9.24. The maximum atomic E-state index is 6.09. The molecule has 0 spiro atoms. The lowest BCUT2D eigenvalue weighted by Gasteiger charge is -2.38. The number of rotatable bonds is 3. The number of halogens is 2. The lowest BCUT2D eigenvalue weighted by molar-refractivity contribution is 0.141. The van der Waals surface area contributed by atoms with Crippen molar-refractivity contribution in [3.05, 3.63) is 41.1 Å². The Morgan fingerprint density at radius 1 is 1.50 bits per heavy atom. The van der Waals surface area contributed by atoms with E-state index < -0.39 is 0 Å². The van der Waals surface area contributed by atoms with Gasteiger partial charge in [0.05, 0.1) is 9.83 Å². The van der Waals surface area contributed by atoms with E-state index in [0.717, 1.165) is 21.2 Å². The fourth-order valence-electron chi connectivity index (χ4n) is 2.90. The number of hydrogen-bond donors (Lipinski definition) is 1. The van der Waals surface area contributed by atoms with Crippen LogP contribution in [0.1, 0.15) is 34.3 Å². The molecular weight excluding hydrogens is 420 g/mol. The zero-order valence-corrected chi connectivity index (χ0v) is 15.9. The van der Waals surface area contributed by atoms with Gasteiger partial charge in [0.1, 0.15) is 0 Å². The molecule has 2 aromatic rings. The van der Waals surface area contributed by atoms with Crippen LogP contribution < -0.4 is 5.73 Å². The molecule has 1 aliphatic rings. The molecule has 2 aromatic heterocycles. The standard InChI is InChI=1S/C14H16Br2N2S2/c1-8-9-3-5-19-12(9)2-4-18(8)11(7-17)13-6-10(15)14(16)20-13/h3,5-6,8,11H,2,4,7,17H2,1H3. The van der Waals surface area contributed by atoms with Crippen LogP contribution in [0.25, 0.3) is 0 Å². The summed E-state index contributed by atoms with van der Waals surface area (Å²) in [6.45, 7) is 4.04. The minimum atomic E-state index is 0.297. The van der Waals surface area contributed by atoms with Crippen molar-refractivity contribution < 1.29 is 0 Å². The van der Waals surface area contributed by atoms with Crippen LogP contribution in [0.5, 0.6) is 0 Å². The third-order valence-electron chi connectivity index (χ3n) is 3.94. The fraction of sp³-hybridized carbons (Fsp3) is 0.429. The summed E-state index contributed by atoms with van der Waals surface area (Å²) in [4.78, 5) is 5.41. The summed E-state index contributed by atoms with van der Waals surface area (Å²) in [6.07, 6.45) is 1.14. The van der Waals surface area contributed by atoms with Crippen molar-refractivity contribution >= 4 is 54.5 Å². The SMILES string of the molecule is CC1c2ccsc2CCN1C(CN)c1cc(Br)c(Br)s1. The van der Waals surface area contributed by atoms with Gasteiger partial charge in [-0.05, 0) is 68.3 Å². The van der Waals surface area contributed by atoms with E-state index in [1.54, 1.807) is 11.3 Å². The van der Waals surface area contributed by atoms with Gasteiger partial charge in [0, 0.05) is 33.4 Å². The quantitative estimate of drug-likeness (QED) is 0.738. The van der Waals surface area contributed by atoms with Crippen molar-refractivity contribution in [1.82, 2.24) is 4.90 Å². The molecule has 3 rings (SSSR count). The highest BCUT2D eigenvalue weighted by molar-refractivity contribution is 9.13. The van der Waals surface area contributed by atoms with Crippen LogP contribution in [-0.4, -0.2) is 18.0 Å². The van der Waals surface area contributed by atoms with Crippen LogP contribution in [0.15, 0.2) is 25.8 Å². The summed E-state index contributed by atoms with van der Waals surface area (Å²) >= 11 is 10.8. The van der Waals surface area contributed by atoms with E-state index in [9.17, 15) is 0 Å². The van der Waals surface area contributed by atoms with Gasteiger partial charge in [0.25, 0.3) is 0 Å². The average Bonchev–Trinajstić information content (AvgIpc) is 3.02. The van der Waals surface area contributed by atoms with Crippen LogP contribution in [0.4, 0.5) is 0 Å². The van der Waals surface area contributed by atoms with Gasteiger partial charge < -0.3 is 5.73 Å². The molecule has 0 radical (unpaired) electrons. The highest BCUT2D eigenvalue weighted by atomic mass is 79.9. The van der Waals surface area contributed by atoms with E-state index in [1.165, 1.54) is 15.3 Å². The minimum absolute atomic E-state index is 0.297. The topological polar surface area (TPSA) is 29.3 Å².